The van der Waals surface area contributed by atoms with Crippen LogP contribution >= 0.6 is 0 Å². The number of amides is 2. The van der Waals surface area contributed by atoms with Gasteiger partial charge in [-0.25, -0.2) is 4.79 Å². The molecule has 0 bridgehead atoms. The molecule has 2 aliphatic carbocycles. The molecule has 4 atom stereocenters. The minimum absolute atomic E-state index is 0.235. The van der Waals surface area contributed by atoms with Crippen molar-refractivity contribution in [3.63, 3.8) is 0 Å². The van der Waals surface area contributed by atoms with Crippen LogP contribution in [0.3, 0.4) is 0 Å². The van der Waals surface area contributed by atoms with Crippen molar-refractivity contribution in [2.75, 3.05) is 26.2 Å². The number of hydrogen-bond donors (Lipinski definition) is 4. The van der Waals surface area contributed by atoms with Gasteiger partial charge in [-0.1, -0.05) is 18.8 Å². The zero-order valence-electron chi connectivity index (χ0n) is 25.3. The Labute approximate surface area is 241 Å². The van der Waals surface area contributed by atoms with E-state index in [2.05, 4.69) is 29.4 Å². The molecule has 40 heavy (non-hydrogen) atoms. The summed E-state index contributed by atoms with van der Waals surface area (Å²) in [6.07, 6.45) is 7.79. The molecule has 0 aromatic rings. The highest BCUT2D eigenvalue weighted by Crippen LogP contribution is 2.35. The summed E-state index contributed by atoms with van der Waals surface area (Å²) in [5.41, 5.74) is -0.565. The van der Waals surface area contributed by atoms with Crippen LogP contribution in [-0.4, -0.2) is 77.4 Å². The molecular weight excluding hydrogens is 510 g/mol. The van der Waals surface area contributed by atoms with E-state index in [-0.39, 0.29) is 12.5 Å². The number of aliphatic hydroxyl groups excluding tert-OH is 2. The Morgan fingerprint density at radius 2 is 1.57 bits per heavy atom. The summed E-state index contributed by atoms with van der Waals surface area (Å²) < 4.78 is 5.23. The van der Waals surface area contributed by atoms with Gasteiger partial charge < -0.3 is 25.6 Å². The van der Waals surface area contributed by atoms with Crippen LogP contribution in [0, 0.1) is 41.4 Å². The summed E-state index contributed by atoms with van der Waals surface area (Å²) in [5.74, 6) is 8.60. The summed E-state index contributed by atoms with van der Waals surface area (Å²) in [4.78, 5) is 31.2. The van der Waals surface area contributed by atoms with Crippen molar-refractivity contribution >= 4 is 12.0 Å². The third-order valence-electron chi connectivity index (χ3n) is 8.46. The van der Waals surface area contributed by atoms with E-state index in [0.29, 0.717) is 43.8 Å². The second-order valence-corrected chi connectivity index (χ2v) is 13.2. The van der Waals surface area contributed by atoms with Crippen molar-refractivity contribution in [1.82, 2.24) is 15.7 Å². The Morgan fingerprint density at radius 3 is 2.12 bits per heavy atom. The van der Waals surface area contributed by atoms with Crippen molar-refractivity contribution in [1.29, 1.82) is 0 Å². The fraction of sp³-hybridized carbons (Fsp3) is 0.871. The van der Waals surface area contributed by atoms with E-state index in [0.717, 1.165) is 31.6 Å². The number of alkyl carbamates (subject to hydrolysis) is 1. The van der Waals surface area contributed by atoms with Gasteiger partial charge in [0.1, 0.15) is 17.7 Å². The van der Waals surface area contributed by atoms with Gasteiger partial charge in [-0.2, -0.15) is 5.06 Å². The number of ether oxygens (including phenoxy) is 1. The minimum atomic E-state index is -0.815. The first-order chi connectivity index (χ1) is 19.0. The molecular formula is C31H53N3O6. The topological polar surface area (TPSA) is 120 Å². The van der Waals surface area contributed by atoms with Crippen LogP contribution in [0.1, 0.15) is 92.4 Å². The van der Waals surface area contributed by atoms with Crippen LogP contribution < -0.4 is 10.6 Å². The third-order valence-corrected chi connectivity index (χ3v) is 8.46. The van der Waals surface area contributed by atoms with Gasteiger partial charge in [-0.05, 0) is 97.3 Å². The van der Waals surface area contributed by atoms with Crippen molar-refractivity contribution in [3.8, 4) is 11.8 Å². The molecule has 0 spiro atoms. The Kier molecular flexibility index (Phi) is 12.6. The molecule has 3 fully saturated rings. The summed E-state index contributed by atoms with van der Waals surface area (Å²) in [7, 11) is 0. The molecule has 3 rings (SSSR count). The molecule has 0 aromatic heterocycles. The van der Waals surface area contributed by atoms with Crippen LogP contribution in [0.2, 0.25) is 0 Å². The fourth-order valence-corrected chi connectivity index (χ4v) is 6.12. The maximum absolute atomic E-state index is 13.3. The maximum atomic E-state index is 13.3. The summed E-state index contributed by atoms with van der Waals surface area (Å²) >= 11 is 0. The monoisotopic (exact) mass is 563 g/mol. The molecule has 2 amide bonds. The average molecular weight is 564 g/mol. The fourth-order valence-electron chi connectivity index (χ4n) is 6.12. The van der Waals surface area contributed by atoms with Gasteiger partial charge in [-0.3, -0.25) is 9.63 Å². The Bertz CT molecular complexity index is 863. The first kappa shape index (κ1) is 32.7. The second kappa shape index (κ2) is 15.4. The highest BCUT2D eigenvalue weighted by molar-refractivity contribution is 5.82. The minimum Gasteiger partial charge on any atom is -0.444 e. The smallest absolute Gasteiger partial charge is 0.407 e. The van der Waals surface area contributed by atoms with Gasteiger partial charge in [0, 0.05) is 37.4 Å². The molecule has 0 radical (unpaired) electrons. The molecule has 1 aliphatic heterocycles. The van der Waals surface area contributed by atoms with E-state index in [1.54, 1.807) is 32.8 Å². The van der Waals surface area contributed by atoms with E-state index >= 15 is 0 Å². The molecule has 2 saturated carbocycles. The highest BCUT2D eigenvalue weighted by atomic mass is 16.7. The average Bonchev–Trinajstić information content (AvgIpc) is 3.26. The predicted molar refractivity (Wildman–Crippen MR) is 154 cm³/mol. The zero-order chi connectivity index (χ0) is 29.3. The highest BCUT2D eigenvalue weighted by Gasteiger charge is 2.49. The third kappa shape index (κ3) is 10.2. The Hall–Kier alpha value is -1.86. The summed E-state index contributed by atoms with van der Waals surface area (Å²) in [6.45, 7) is 10.4. The molecule has 0 aromatic carbocycles. The number of hydroxylamine groups is 2. The SMILES string of the molecule is CC1CCC(C#CC2CCC(CN3O[C@H]([C@@H](C)O)[C@H](CO)[C@@H]3C(=O)NCCCNC(=O)OC(C)(C)C)CC2)CC1. The van der Waals surface area contributed by atoms with Crippen molar-refractivity contribution < 1.29 is 29.4 Å². The first-order valence-corrected chi connectivity index (χ1v) is 15.4. The molecule has 3 aliphatic rings. The van der Waals surface area contributed by atoms with E-state index in [9.17, 15) is 19.8 Å². The quantitative estimate of drug-likeness (QED) is 0.250. The van der Waals surface area contributed by atoms with Gasteiger partial charge in [0.15, 0.2) is 0 Å². The van der Waals surface area contributed by atoms with Crippen LogP contribution in [0.5, 0.6) is 0 Å². The largest absolute Gasteiger partial charge is 0.444 e. The van der Waals surface area contributed by atoms with Crippen molar-refractivity contribution in [2.45, 2.75) is 116 Å². The summed E-state index contributed by atoms with van der Waals surface area (Å²) in [6, 6.07) is -0.686. The van der Waals surface area contributed by atoms with Gasteiger partial charge >= 0.3 is 6.09 Å². The van der Waals surface area contributed by atoms with Crippen LogP contribution in [0.4, 0.5) is 4.79 Å². The van der Waals surface area contributed by atoms with E-state index in [1.807, 2.05) is 0 Å². The molecule has 1 heterocycles. The lowest BCUT2D eigenvalue weighted by Gasteiger charge is -2.31. The zero-order valence-corrected chi connectivity index (χ0v) is 25.3. The maximum Gasteiger partial charge on any atom is 0.407 e. The van der Waals surface area contributed by atoms with Gasteiger partial charge in [0.25, 0.3) is 0 Å². The van der Waals surface area contributed by atoms with Gasteiger partial charge in [0.05, 0.1) is 12.7 Å². The number of rotatable bonds is 9. The molecule has 228 valence electrons. The van der Waals surface area contributed by atoms with Crippen LogP contribution in [0.25, 0.3) is 0 Å². The Morgan fingerprint density at radius 1 is 1.00 bits per heavy atom. The predicted octanol–water partition coefficient (Wildman–Crippen LogP) is 3.63. The van der Waals surface area contributed by atoms with E-state index in [1.165, 1.54) is 25.7 Å². The normalized spacial score (nSPS) is 32.0. The van der Waals surface area contributed by atoms with Gasteiger partial charge in [0.2, 0.25) is 5.91 Å². The standard InChI is InChI=1S/C31H53N3O6/c1-21-7-9-23(10-8-21)11-12-24-13-15-25(16-14-24)19-34-27(26(20-35)28(40-34)22(2)36)29(37)32-17-6-18-33-30(38)39-31(3,4)5/h21-28,35-36H,6-10,13-20H2,1-5H3,(H,32,37)(H,33,38)/t21?,22-,23?,24?,25?,26-,27-,28-/m1/s1. The van der Waals surface area contributed by atoms with Crippen LogP contribution in [-0.2, 0) is 14.4 Å². The molecule has 4 N–H and O–H groups in total. The lowest BCUT2D eigenvalue weighted by molar-refractivity contribution is -0.193. The lowest BCUT2D eigenvalue weighted by atomic mass is 9.80. The molecule has 1 saturated heterocycles. The summed E-state index contributed by atoms with van der Waals surface area (Å²) in [5, 5.41) is 27.8. The number of carbonyl (C=O) groups excluding carboxylic acids is 2. The first-order valence-electron chi connectivity index (χ1n) is 15.4. The number of nitrogens with zero attached hydrogens (tertiary/aromatic N) is 1. The van der Waals surface area contributed by atoms with E-state index in [4.69, 9.17) is 9.57 Å². The van der Waals surface area contributed by atoms with E-state index < -0.39 is 35.9 Å². The Balaban J connectivity index is 1.48. The number of aliphatic hydroxyl groups is 2. The molecule has 9 nitrogen and oxygen atoms in total. The van der Waals surface area contributed by atoms with Crippen molar-refractivity contribution in [3.05, 3.63) is 0 Å². The second-order valence-electron chi connectivity index (χ2n) is 13.2. The van der Waals surface area contributed by atoms with Gasteiger partial charge in [-0.15, -0.1) is 0 Å². The number of nitrogens with one attached hydrogen (secondary N) is 2. The van der Waals surface area contributed by atoms with Crippen molar-refractivity contribution in [2.24, 2.45) is 29.6 Å². The number of hydrogen-bond acceptors (Lipinski definition) is 7. The van der Waals surface area contributed by atoms with Crippen LogP contribution in [0.15, 0.2) is 0 Å². The number of carbonyl (C=O) groups is 2. The lowest BCUT2D eigenvalue weighted by Crippen LogP contribution is -2.49. The molecule has 9 heteroatoms. The molecule has 0 unspecified atom stereocenters.